The SMILES string of the molecule is O=C1[C@H]2[C@@H]3C=C[C@@H]([C@H]4C[C@H]34)[C@@H]2C(=O)N1C12CC3CC(CC(C3)C1)C2. The Morgan fingerprint density at radius 3 is 1.67 bits per heavy atom. The molecule has 1 saturated heterocycles. The van der Waals surface area contributed by atoms with Gasteiger partial charge in [-0.05, 0) is 86.4 Å². The Morgan fingerprint density at radius 2 is 1.21 bits per heavy atom. The zero-order chi connectivity index (χ0) is 15.8. The van der Waals surface area contributed by atoms with Gasteiger partial charge in [0.15, 0.2) is 0 Å². The molecule has 0 spiro atoms. The Bertz CT molecular complexity index is 637. The lowest BCUT2D eigenvalue weighted by atomic mass is 9.52. The van der Waals surface area contributed by atoms with Crippen molar-refractivity contribution in [2.75, 3.05) is 0 Å². The third-order valence-corrected chi connectivity index (χ3v) is 9.14. The van der Waals surface area contributed by atoms with Crippen molar-refractivity contribution in [3.8, 4) is 0 Å². The van der Waals surface area contributed by atoms with Crippen molar-refractivity contribution >= 4 is 11.8 Å². The number of allylic oxidation sites excluding steroid dienone is 2. The van der Waals surface area contributed by atoms with Gasteiger partial charge in [0.1, 0.15) is 0 Å². The molecule has 6 bridgehead atoms. The van der Waals surface area contributed by atoms with Crippen LogP contribution in [0.5, 0.6) is 0 Å². The van der Waals surface area contributed by atoms with Crippen molar-refractivity contribution in [3.63, 3.8) is 0 Å². The zero-order valence-electron chi connectivity index (χ0n) is 14.1. The van der Waals surface area contributed by atoms with Crippen LogP contribution in [0.1, 0.15) is 44.9 Å². The summed E-state index contributed by atoms with van der Waals surface area (Å²) in [4.78, 5) is 28.9. The standard InChI is InChI=1S/C21H25NO2/c23-19-17-13-1-2-14(16-6-15(13)16)18(17)20(24)22(19)21-7-10-3-11(8-21)5-12(4-10)9-21/h1-2,10-18H,3-9H2/t10?,11?,12?,13-,14+,15-,16-,17+,18+,21?/m1/s1. The number of carbonyl (C=O) groups is 2. The molecular formula is C21H25NO2. The van der Waals surface area contributed by atoms with Gasteiger partial charge in [0.2, 0.25) is 11.8 Å². The van der Waals surface area contributed by atoms with Gasteiger partial charge in [-0.1, -0.05) is 12.2 Å². The number of hydrogen-bond donors (Lipinski definition) is 0. The number of amides is 2. The fourth-order valence-electron chi connectivity index (χ4n) is 8.76. The quantitative estimate of drug-likeness (QED) is 0.549. The molecule has 3 heteroatoms. The van der Waals surface area contributed by atoms with Crippen LogP contribution >= 0.6 is 0 Å². The van der Waals surface area contributed by atoms with E-state index < -0.39 is 0 Å². The lowest BCUT2D eigenvalue weighted by Gasteiger charge is -2.59. The fourth-order valence-corrected chi connectivity index (χ4v) is 8.76. The predicted octanol–water partition coefficient (Wildman–Crippen LogP) is 3.01. The van der Waals surface area contributed by atoms with E-state index in [2.05, 4.69) is 12.2 Å². The highest BCUT2D eigenvalue weighted by Crippen LogP contribution is 2.67. The maximum Gasteiger partial charge on any atom is 0.234 e. The van der Waals surface area contributed by atoms with Crippen LogP contribution in [0.25, 0.3) is 0 Å². The van der Waals surface area contributed by atoms with Crippen molar-refractivity contribution in [2.24, 2.45) is 53.3 Å². The molecule has 0 aromatic heterocycles. The van der Waals surface area contributed by atoms with Crippen molar-refractivity contribution in [1.82, 2.24) is 4.90 Å². The highest BCUT2D eigenvalue weighted by atomic mass is 16.2. The first-order valence-electron chi connectivity index (χ1n) is 10.2. The molecule has 9 rings (SSSR count). The first kappa shape index (κ1) is 13.1. The second-order valence-corrected chi connectivity index (χ2v) is 10.3. The lowest BCUT2D eigenvalue weighted by Crippen LogP contribution is -2.62. The van der Waals surface area contributed by atoms with E-state index in [1.165, 1.54) is 25.7 Å². The summed E-state index contributed by atoms with van der Waals surface area (Å²) in [6, 6.07) is 0. The van der Waals surface area contributed by atoms with Crippen LogP contribution in [0, 0.1) is 53.3 Å². The van der Waals surface area contributed by atoms with Gasteiger partial charge in [0.05, 0.1) is 17.4 Å². The van der Waals surface area contributed by atoms with Crippen molar-refractivity contribution in [2.45, 2.75) is 50.5 Å². The fraction of sp³-hybridized carbons (Fsp3) is 0.810. The normalized spacial score (nSPS) is 61.5. The van der Waals surface area contributed by atoms with Crippen LogP contribution in [0.3, 0.4) is 0 Å². The van der Waals surface area contributed by atoms with Crippen LogP contribution < -0.4 is 0 Å². The van der Waals surface area contributed by atoms with Gasteiger partial charge in [-0.3, -0.25) is 14.5 Å². The average molecular weight is 323 g/mol. The summed E-state index contributed by atoms with van der Waals surface area (Å²) in [6.45, 7) is 0. The Labute approximate surface area is 142 Å². The van der Waals surface area contributed by atoms with Gasteiger partial charge >= 0.3 is 0 Å². The van der Waals surface area contributed by atoms with Crippen LogP contribution in [0.2, 0.25) is 0 Å². The zero-order valence-corrected chi connectivity index (χ0v) is 14.1. The second-order valence-electron chi connectivity index (χ2n) is 10.3. The summed E-state index contributed by atoms with van der Waals surface area (Å²) < 4.78 is 0. The van der Waals surface area contributed by atoms with Gasteiger partial charge in [-0.25, -0.2) is 0 Å². The number of imide groups is 1. The van der Waals surface area contributed by atoms with Gasteiger partial charge in [-0.15, -0.1) is 0 Å². The molecule has 8 aliphatic carbocycles. The topological polar surface area (TPSA) is 37.4 Å². The highest BCUT2D eigenvalue weighted by Gasteiger charge is 2.70. The van der Waals surface area contributed by atoms with Gasteiger partial charge in [-0.2, -0.15) is 0 Å². The van der Waals surface area contributed by atoms with E-state index in [0.717, 1.165) is 37.0 Å². The van der Waals surface area contributed by atoms with Crippen molar-refractivity contribution in [1.29, 1.82) is 0 Å². The molecular weight excluding hydrogens is 298 g/mol. The largest absolute Gasteiger partial charge is 0.276 e. The van der Waals surface area contributed by atoms with Crippen LogP contribution in [-0.4, -0.2) is 22.3 Å². The number of likely N-dealkylation sites (tertiary alicyclic amines) is 1. The van der Waals surface area contributed by atoms with Gasteiger partial charge < -0.3 is 0 Å². The second kappa shape index (κ2) is 3.83. The van der Waals surface area contributed by atoms with E-state index >= 15 is 0 Å². The molecule has 0 aromatic rings. The van der Waals surface area contributed by atoms with E-state index in [1.54, 1.807) is 0 Å². The number of carbonyl (C=O) groups excluding carboxylic acids is 2. The van der Waals surface area contributed by atoms with Crippen molar-refractivity contribution in [3.05, 3.63) is 12.2 Å². The molecule has 0 unspecified atom stereocenters. The summed E-state index contributed by atoms with van der Waals surface area (Å²) in [6.07, 6.45) is 13.3. The molecule has 9 aliphatic rings. The predicted molar refractivity (Wildman–Crippen MR) is 87.5 cm³/mol. The maximum atomic E-state index is 13.5. The van der Waals surface area contributed by atoms with Gasteiger partial charge in [0.25, 0.3) is 0 Å². The van der Waals surface area contributed by atoms with E-state index in [4.69, 9.17) is 0 Å². The molecule has 6 atom stereocenters. The maximum absolute atomic E-state index is 13.5. The molecule has 6 saturated carbocycles. The molecule has 2 amide bonds. The third-order valence-electron chi connectivity index (χ3n) is 9.14. The van der Waals surface area contributed by atoms with Crippen LogP contribution in [0.15, 0.2) is 12.2 Å². The van der Waals surface area contributed by atoms with E-state index in [1.807, 2.05) is 4.90 Å². The number of hydrogen-bond acceptors (Lipinski definition) is 2. The Hall–Kier alpha value is -1.12. The Kier molecular flexibility index (Phi) is 2.10. The Morgan fingerprint density at radius 1 is 0.750 bits per heavy atom. The minimum absolute atomic E-state index is 0.00394. The van der Waals surface area contributed by atoms with E-state index in [-0.39, 0.29) is 29.2 Å². The number of nitrogens with zero attached hydrogens (tertiary/aromatic N) is 1. The average Bonchev–Trinajstić information content (AvgIpc) is 3.30. The summed E-state index contributed by atoms with van der Waals surface area (Å²) in [5.74, 6) is 5.00. The summed E-state index contributed by atoms with van der Waals surface area (Å²) in [5.41, 5.74) is -0.0795. The molecule has 126 valence electrons. The monoisotopic (exact) mass is 323 g/mol. The molecule has 0 aromatic carbocycles. The minimum Gasteiger partial charge on any atom is -0.276 e. The van der Waals surface area contributed by atoms with Gasteiger partial charge in [0, 0.05) is 0 Å². The first-order chi connectivity index (χ1) is 11.6. The number of rotatable bonds is 1. The summed E-state index contributed by atoms with van der Waals surface area (Å²) in [5, 5.41) is 0. The molecule has 24 heavy (non-hydrogen) atoms. The molecule has 7 fully saturated rings. The van der Waals surface area contributed by atoms with E-state index in [9.17, 15) is 9.59 Å². The molecule has 0 radical (unpaired) electrons. The summed E-state index contributed by atoms with van der Waals surface area (Å²) in [7, 11) is 0. The molecule has 0 N–H and O–H groups in total. The smallest absolute Gasteiger partial charge is 0.234 e. The van der Waals surface area contributed by atoms with Crippen molar-refractivity contribution < 1.29 is 9.59 Å². The molecule has 3 nitrogen and oxygen atoms in total. The van der Waals surface area contributed by atoms with E-state index in [0.29, 0.717) is 23.7 Å². The van der Waals surface area contributed by atoms with Crippen LogP contribution in [-0.2, 0) is 9.59 Å². The minimum atomic E-state index is -0.0795. The third kappa shape index (κ3) is 1.33. The highest BCUT2D eigenvalue weighted by molar-refractivity contribution is 6.07. The molecule has 1 aliphatic heterocycles. The Balaban J connectivity index is 1.32. The summed E-state index contributed by atoms with van der Waals surface area (Å²) >= 11 is 0. The van der Waals surface area contributed by atoms with Crippen LogP contribution in [0.4, 0.5) is 0 Å². The lowest BCUT2D eigenvalue weighted by molar-refractivity contribution is -0.159. The first-order valence-corrected chi connectivity index (χ1v) is 10.2. The molecule has 1 heterocycles.